The summed E-state index contributed by atoms with van der Waals surface area (Å²) in [4.78, 5) is 4.47. The van der Waals surface area contributed by atoms with Gasteiger partial charge >= 0.3 is 0 Å². The van der Waals surface area contributed by atoms with E-state index in [1.807, 2.05) is 17.7 Å². The molecule has 16 heavy (non-hydrogen) atoms. The molecule has 0 aliphatic carbocycles. The first kappa shape index (κ1) is 11.1. The van der Waals surface area contributed by atoms with Crippen LogP contribution in [0.25, 0.3) is 0 Å². The Balaban J connectivity index is 2.27. The zero-order valence-corrected chi connectivity index (χ0v) is 9.27. The fourth-order valence-electron chi connectivity index (χ4n) is 1.95. The van der Waals surface area contributed by atoms with Gasteiger partial charge in [0.15, 0.2) is 0 Å². The van der Waals surface area contributed by atoms with Gasteiger partial charge in [-0.05, 0) is 25.8 Å². The Morgan fingerprint density at radius 2 is 2.31 bits per heavy atom. The van der Waals surface area contributed by atoms with Crippen molar-refractivity contribution in [2.24, 2.45) is 5.90 Å². The minimum atomic E-state index is -0.0490. The zero-order valence-electron chi connectivity index (χ0n) is 9.27. The largest absolute Gasteiger partial charge is 0.389 e. The van der Waals surface area contributed by atoms with Gasteiger partial charge < -0.3 is 9.57 Å². The summed E-state index contributed by atoms with van der Waals surface area (Å²) in [5.41, 5.74) is 1.50. The summed E-state index contributed by atoms with van der Waals surface area (Å²) < 4.78 is 7.13. The van der Waals surface area contributed by atoms with Crippen LogP contribution in [0.2, 0.25) is 0 Å². The van der Waals surface area contributed by atoms with Crippen molar-refractivity contribution in [3.63, 3.8) is 0 Å². The molecule has 1 aliphatic rings. The van der Waals surface area contributed by atoms with Crippen molar-refractivity contribution in [2.75, 3.05) is 13.2 Å². The quantitative estimate of drug-likeness (QED) is 0.441. The van der Waals surface area contributed by atoms with Crippen molar-refractivity contribution in [1.29, 1.82) is 5.41 Å². The molecule has 1 aliphatic heterocycles. The maximum atomic E-state index is 7.61. The summed E-state index contributed by atoms with van der Waals surface area (Å²) in [7, 11) is 0. The number of hydrogen-bond donors (Lipinski definition) is 2. The Kier molecular flexibility index (Phi) is 3.21. The lowest BCUT2D eigenvalue weighted by atomic mass is 10.1. The zero-order chi connectivity index (χ0) is 11.5. The van der Waals surface area contributed by atoms with Crippen LogP contribution in [0.1, 0.15) is 30.3 Å². The second kappa shape index (κ2) is 4.63. The molecule has 6 nitrogen and oxygen atoms in total. The van der Waals surface area contributed by atoms with E-state index in [0.717, 1.165) is 31.7 Å². The molecule has 0 amide bonds. The molecule has 6 heteroatoms. The molecule has 1 aromatic rings. The predicted octanol–water partition coefficient (Wildman–Crippen LogP) is 0.759. The normalized spacial score (nSPS) is 17.4. The first-order valence-corrected chi connectivity index (χ1v) is 5.32. The maximum absolute atomic E-state index is 7.61. The van der Waals surface area contributed by atoms with Gasteiger partial charge in [0, 0.05) is 13.2 Å². The third kappa shape index (κ3) is 2.07. The van der Waals surface area contributed by atoms with Crippen LogP contribution in [-0.4, -0.2) is 28.9 Å². The van der Waals surface area contributed by atoms with Crippen LogP contribution in [0.4, 0.5) is 0 Å². The van der Waals surface area contributed by atoms with E-state index in [1.54, 1.807) is 0 Å². The van der Waals surface area contributed by atoms with E-state index in [-0.39, 0.29) is 11.9 Å². The number of nitrogens with zero attached hydrogens (tertiary/aromatic N) is 2. The van der Waals surface area contributed by atoms with Crippen LogP contribution in [-0.2, 0) is 9.57 Å². The summed E-state index contributed by atoms with van der Waals surface area (Å²) in [6.45, 7) is 3.36. The van der Waals surface area contributed by atoms with Crippen LogP contribution in [0.3, 0.4) is 0 Å². The summed E-state index contributed by atoms with van der Waals surface area (Å²) in [6.07, 6.45) is 1.82. The molecule has 2 heterocycles. The Morgan fingerprint density at radius 1 is 1.62 bits per heavy atom. The Morgan fingerprint density at radius 3 is 2.94 bits per heavy atom. The second-order valence-electron chi connectivity index (χ2n) is 3.91. The van der Waals surface area contributed by atoms with Crippen molar-refractivity contribution in [3.8, 4) is 0 Å². The van der Waals surface area contributed by atoms with E-state index in [1.165, 1.54) is 0 Å². The fraction of sp³-hybridized carbons (Fsp3) is 0.600. The summed E-state index contributed by atoms with van der Waals surface area (Å²) in [5.74, 6) is 4.97. The van der Waals surface area contributed by atoms with E-state index in [4.69, 9.17) is 16.0 Å². The number of aromatic nitrogens is 2. The highest BCUT2D eigenvalue weighted by Crippen LogP contribution is 2.22. The minimum absolute atomic E-state index is 0.0490. The van der Waals surface area contributed by atoms with Gasteiger partial charge in [-0.1, -0.05) is 0 Å². The number of aryl methyl sites for hydroxylation is 1. The Hall–Kier alpha value is -1.40. The average Bonchev–Trinajstić information content (AvgIpc) is 2.71. The van der Waals surface area contributed by atoms with Crippen LogP contribution < -0.4 is 5.90 Å². The van der Waals surface area contributed by atoms with Gasteiger partial charge in [-0.3, -0.25) is 10.1 Å². The second-order valence-corrected chi connectivity index (χ2v) is 3.91. The van der Waals surface area contributed by atoms with Gasteiger partial charge in [0.25, 0.3) is 5.90 Å². The maximum Gasteiger partial charge on any atom is 0.255 e. The molecular weight excluding hydrogens is 208 g/mol. The van der Waals surface area contributed by atoms with Crippen LogP contribution >= 0.6 is 0 Å². The summed E-state index contributed by atoms with van der Waals surface area (Å²) >= 11 is 0. The standard InChI is InChI=1S/C10H16N4O2/c1-7-6-9(10(11)16-12)14(13-7)8-2-4-15-5-3-8/h6,8,11H,2-5,12H2,1H3. The predicted molar refractivity (Wildman–Crippen MR) is 58.2 cm³/mol. The molecule has 1 aromatic heterocycles. The first-order valence-electron chi connectivity index (χ1n) is 5.32. The summed E-state index contributed by atoms with van der Waals surface area (Å²) in [5, 5.41) is 12.0. The molecule has 0 aromatic carbocycles. The summed E-state index contributed by atoms with van der Waals surface area (Å²) in [6, 6.07) is 2.08. The average molecular weight is 224 g/mol. The Labute approximate surface area is 93.8 Å². The smallest absolute Gasteiger partial charge is 0.255 e. The lowest BCUT2D eigenvalue weighted by Gasteiger charge is -2.23. The van der Waals surface area contributed by atoms with E-state index in [0.29, 0.717) is 5.69 Å². The van der Waals surface area contributed by atoms with Gasteiger partial charge in [0.1, 0.15) is 5.69 Å². The van der Waals surface area contributed by atoms with E-state index >= 15 is 0 Å². The van der Waals surface area contributed by atoms with Gasteiger partial charge in [-0.25, -0.2) is 0 Å². The molecular formula is C10H16N4O2. The number of nitrogens with two attached hydrogens (primary N) is 1. The first-order chi connectivity index (χ1) is 7.72. The van der Waals surface area contributed by atoms with Crippen LogP contribution in [0.15, 0.2) is 6.07 Å². The molecule has 2 rings (SSSR count). The molecule has 0 unspecified atom stereocenters. The monoisotopic (exact) mass is 224 g/mol. The topological polar surface area (TPSA) is 86.2 Å². The van der Waals surface area contributed by atoms with E-state index in [2.05, 4.69) is 9.94 Å². The van der Waals surface area contributed by atoms with Crippen molar-refractivity contribution >= 4 is 5.90 Å². The molecule has 1 saturated heterocycles. The number of rotatable bonds is 2. The van der Waals surface area contributed by atoms with Crippen molar-refractivity contribution < 1.29 is 9.57 Å². The molecule has 3 N–H and O–H groups in total. The number of nitrogens with one attached hydrogen (secondary N) is 1. The molecule has 0 radical (unpaired) electrons. The molecule has 0 saturated carbocycles. The molecule has 0 spiro atoms. The van der Waals surface area contributed by atoms with Crippen molar-refractivity contribution in [3.05, 3.63) is 17.5 Å². The molecule has 1 fully saturated rings. The number of hydrogen-bond acceptors (Lipinski definition) is 5. The SMILES string of the molecule is Cc1cc(C(=N)ON)n(C2CCOCC2)n1. The molecule has 0 atom stereocenters. The van der Waals surface area contributed by atoms with Gasteiger partial charge in [-0.15, -0.1) is 0 Å². The molecule has 88 valence electrons. The van der Waals surface area contributed by atoms with E-state index in [9.17, 15) is 0 Å². The minimum Gasteiger partial charge on any atom is -0.389 e. The van der Waals surface area contributed by atoms with Crippen LogP contribution in [0.5, 0.6) is 0 Å². The van der Waals surface area contributed by atoms with Gasteiger partial charge in [-0.2, -0.15) is 11.0 Å². The van der Waals surface area contributed by atoms with Crippen molar-refractivity contribution in [2.45, 2.75) is 25.8 Å². The highest BCUT2D eigenvalue weighted by molar-refractivity contribution is 5.89. The Bertz CT molecular complexity index is 382. The lowest BCUT2D eigenvalue weighted by molar-refractivity contribution is 0.0657. The third-order valence-electron chi connectivity index (χ3n) is 2.75. The van der Waals surface area contributed by atoms with E-state index < -0.39 is 0 Å². The van der Waals surface area contributed by atoms with Crippen LogP contribution in [0, 0.1) is 12.3 Å². The lowest BCUT2D eigenvalue weighted by Crippen LogP contribution is -2.25. The van der Waals surface area contributed by atoms with Gasteiger partial charge in [0.2, 0.25) is 0 Å². The number of ether oxygens (including phenoxy) is 1. The van der Waals surface area contributed by atoms with Gasteiger partial charge in [0.05, 0.1) is 11.7 Å². The fourth-order valence-corrected chi connectivity index (χ4v) is 1.95. The molecule has 0 bridgehead atoms. The van der Waals surface area contributed by atoms with Crippen molar-refractivity contribution in [1.82, 2.24) is 9.78 Å². The third-order valence-corrected chi connectivity index (χ3v) is 2.75. The highest BCUT2D eigenvalue weighted by atomic mass is 16.6. The highest BCUT2D eigenvalue weighted by Gasteiger charge is 2.21.